The van der Waals surface area contributed by atoms with Crippen LogP contribution in [0.2, 0.25) is 0 Å². The van der Waals surface area contributed by atoms with Crippen LogP contribution in [0.25, 0.3) is 0 Å². The minimum Gasteiger partial charge on any atom is -0.326 e. The fraction of sp³-hybridized carbons (Fsp3) is 0.278. The summed E-state index contributed by atoms with van der Waals surface area (Å²) >= 11 is 0. The molecule has 128 valence electrons. The molecule has 0 unspecified atom stereocenters. The lowest BCUT2D eigenvalue weighted by Crippen LogP contribution is -2.23. The second-order valence-corrected chi connectivity index (χ2v) is 7.33. The standard InChI is InChI=1S/C18H22N2O3S/c1-3-19-24(22,23)17-11-6-15(7-12-17)8-13-18(21)20-16-9-4-14(2)5-10-16/h4-7,9-12,19H,3,8,13H2,1-2H3,(H,20,21). The van der Waals surface area contributed by atoms with E-state index in [9.17, 15) is 13.2 Å². The number of anilines is 1. The van der Waals surface area contributed by atoms with E-state index in [1.807, 2.05) is 31.2 Å². The molecule has 5 nitrogen and oxygen atoms in total. The van der Waals surface area contributed by atoms with Gasteiger partial charge in [0.15, 0.2) is 0 Å². The van der Waals surface area contributed by atoms with Crippen LogP contribution in [0.1, 0.15) is 24.5 Å². The number of nitrogens with one attached hydrogen (secondary N) is 2. The van der Waals surface area contributed by atoms with Crippen molar-refractivity contribution < 1.29 is 13.2 Å². The SMILES string of the molecule is CCNS(=O)(=O)c1ccc(CCC(=O)Nc2ccc(C)cc2)cc1. The maximum absolute atomic E-state index is 12.0. The minimum absolute atomic E-state index is 0.0665. The fourth-order valence-corrected chi connectivity index (χ4v) is 3.27. The number of hydrogen-bond acceptors (Lipinski definition) is 3. The van der Waals surface area contributed by atoms with Crippen molar-refractivity contribution in [2.75, 3.05) is 11.9 Å². The Morgan fingerprint density at radius 2 is 1.62 bits per heavy atom. The molecule has 2 aromatic carbocycles. The number of rotatable bonds is 7. The van der Waals surface area contributed by atoms with Gasteiger partial charge in [0.1, 0.15) is 0 Å². The molecule has 0 aliphatic rings. The van der Waals surface area contributed by atoms with E-state index < -0.39 is 10.0 Å². The first-order chi connectivity index (χ1) is 11.4. The molecule has 2 N–H and O–H groups in total. The topological polar surface area (TPSA) is 75.3 Å². The molecule has 1 amide bonds. The molecular weight excluding hydrogens is 324 g/mol. The van der Waals surface area contributed by atoms with Crippen LogP contribution < -0.4 is 10.0 Å². The first-order valence-corrected chi connectivity index (χ1v) is 9.34. The van der Waals surface area contributed by atoms with E-state index in [0.717, 1.165) is 16.8 Å². The summed E-state index contributed by atoms with van der Waals surface area (Å²) in [5.74, 6) is -0.0665. The molecule has 0 aromatic heterocycles. The van der Waals surface area contributed by atoms with Crippen molar-refractivity contribution in [3.8, 4) is 0 Å². The summed E-state index contributed by atoms with van der Waals surface area (Å²) in [6, 6.07) is 14.2. The second kappa shape index (κ2) is 8.08. The fourth-order valence-electron chi connectivity index (χ4n) is 2.23. The van der Waals surface area contributed by atoms with Crippen molar-refractivity contribution in [1.29, 1.82) is 0 Å². The Morgan fingerprint density at radius 3 is 2.21 bits per heavy atom. The molecule has 0 saturated carbocycles. The molecule has 24 heavy (non-hydrogen) atoms. The summed E-state index contributed by atoms with van der Waals surface area (Å²) in [7, 11) is -3.43. The van der Waals surface area contributed by atoms with Gasteiger partial charge in [-0.2, -0.15) is 0 Å². The van der Waals surface area contributed by atoms with E-state index in [2.05, 4.69) is 10.0 Å². The lowest BCUT2D eigenvalue weighted by Gasteiger charge is -2.07. The van der Waals surface area contributed by atoms with E-state index in [0.29, 0.717) is 19.4 Å². The third-order valence-corrected chi connectivity index (χ3v) is 5.11. The van der Waals surface area contributed by atoms with Crippen molar-refractivity contribution >= 4 is 21.6 Å². The highest BCUT2D eigenvalue weighted by Crippen LogP contribution is 2.13. The van der Waals surface area contributed by atoms with Crippen LogP contribution in [0, 0.1) is 6.92 Å². The van der Waals surface area contributed by atoms with E-state index >= 15 is 0 Å². The average Bonchev–Trinajstić information content (AvgIpc) is 2.55. The highest BCUT2D eigenvalue weighted by molar-refractivity contribution is 7.89. The molecule has 2 aromatic rings. The zero-order chi connectivity index (χ0) is 17.6. The molecule has 0 spiro atoms. The molecule has 0 fully saturated rings. The Morgan fingerprint density at radius 1 is 1.00 bits per heavy atom. The lowest BCUT2D eigenvalue weighted by molar-refractivity contribution is -0.116. The molecule has 0 bridgehead atoms. The molecule has 0 aliphatic carbocycles. The van der Waals surface area contributed by atoms with Crippen molar-refractivity contribution in [2.24, 2.45) is 0 Å². The summed E-state index contributed by atoms with van der Waals surface area (Å²) in [5, 5.41) is 2.85. The van der Waals surface area contributed by atoms with Crippen molar-refractivity contribution in [1.82, 2.24) is 4.72 Å². The average molecular weight is 346 g/mol. The monoisotopic (exact) mass is 346 g/mol. The molecule has 0 heterocycles. The van der Waals surface area contributed by atoms with Gasteiger partial charge in [0.25, 0.3) is 0 Å². The molecule has 0 saturated heterocycles. The van der Waals surface area contributed by atoms with Gasteiger partial charge in [0, 0.05) is 18.7 Å². The van der Waals surface area contributed by atoms with Crippen LogP contribution in [0.5, 0.6) is 0 Å². The number of carbonyl (C=O) groups is 1. The van der Waals surface area contributed by atoms with Gasteiger partial charge in [-0.05, 0) is 43.2 Å². The van der Waals surface area contributed by atoms with Crippen LogP contribution >= 0.6 is 0 Å². The Balaban J connectivity index is 1.90. The second-order valence-electron chi connectivity index (χ2n) is 5.56. The van der Waals surface area contributed by atoms with Gasteiger partial charge < -0.3 is 5.32 Å². The third-order valence-electron chi connectivity index (χ3n) is 3.54. The van der Waals surface area contributed by atoms with Gasteiger partial charge in [-0.1, -0.05) is 36.8 Å². The van der Waals surface area contributed by atoms with Crippen molar-refractivity contribution in [2.45, 2.75) is 31.6 Å². The maximum Gasteiger partial charge on any atom is 0.240 e. The van der Waals surface area contributed by atoms with Crippen LogP contribution in [-0.4, -0.2) is 20.9 Å². The largest absolute Gasteiger partial charge is 0.326 e. The lowest BCUT2D eigenvalue weighted by atomic mass is 10.1. The van der Waals surface area contributed by atoms with Crippen molar-refractivity contribution in [3.05, 3.63) is 59.7 Å². The van der Waals surface area contributed by atoms with Gasteiger partial charge in [-0.25, -0.2) is 13.1 Å². The number of sulfonamides is 1. The van der Waals surface area contributed by atoms with Gasteiger partial charge >= 0.3 is 0 Å². The zero-order valence-electron chi connectivity index (χ0n) is 13.9. The normalized spacial score (nSPS) is 11.2. The summed E-state index contributed by atoms with van der Waals surface area (Å²) in [5.41, 5.74) is 2.84. The van der Waals surface area contributed by atoms with Crippen LogP contribution in [0.3, 0.4) is 0 Å². The number of benzene rings is 2. The first-order valence-electron chi connectivity index (χ1n) is 7.86. The Labute approximate surface area is 143 Å². The smallest absolute Gasteiger partial charge is 0.240 e. The van der Waals surface area contributed by atoms with E-state index in [-0.39, 0.29) is 10.8 Å². The minimum atomic E-state index is -3.43. The summed E-state index contributed by atoms with van der Waals surface area (Å²) in [6.07, 6.45) is 0.895. The third kappa shape index (κ3) is 5.18. The first kappa shape index (κ1) is 18.2. The van der Waals surface area contributed by atoms with Crippen LogP contribution in [0.4, 0.5) is 5.69 Å². The molecular formula is C18H22N2O3S. The zero-order valence-corrected chi connectivity index (χ0v) is 14.7. The summed E-state index contributed by atoms with van der Waals surface area (Å²) < 4.78 is 26.2. The van der Waals surface area contributed by atoms with Crippen LogP contribution in [-0.2, 0) is 21.2 Å². The number of hydrogen-bond donors (Lipinski definition) is 2. The van der Waals surface area contributed by atoms with Gasteiger partial charge in [0.2, 0.25) is 15.9 Å². The number of amides is 1. The molecule has 2 rings (SSSR count). The molecule has 0 aliphatic heterocycles. The Hall–Kier alpha value is -2.18. The quantitative estimate of drug-likeness (QED) is 0.809. The van der Waals surface area contributed by atoms with Gasteiger partial charge in [-0.3, -0.25) is 4.79 Å². The maximum atomic E-state index is 12.0. The van der Waals surface area contributed by atoms with Crippen molar-refractivity contribution in [3.63, 3.8) is 0 Å². The predicted molar refractivity (Wildman–Crippen MR) is 95.4 cm³/mol. The number of carbonyl (C=O) groups excluding carboxylic acids is 1. The summed E-state index contributed by atoms with van der Waals surface area (Å²) in [6.45, 7) is 4.08. The van der Waals surface area contributed by atoms with E-state index in [1.165, 1.54) is 0 Å². The van der Waals surface area contributed by atoms with Gasteiger partial charge in [-0.15, -0.1) is 0 Å². The molecule has 6 heteroatoms. The van der Waals surface area contributed by atoms with Gasteiger partial charge in [0.05, 0.1) is 4.90 Å². The Bertz CT molecular complexity index is 782. The predicted octanol–water partition coefficient (Wildman–Crippen LogP) is 2.86. The Kier molecular flexibility index (Phi) is 6.11. The number of aryl methyl sites for hydroxylation is 2. The molecule has 0 radical (unpaired) electrons. The highest BCUT2D eigenvalue weighted by Gasteiger charge is 2.12. The van der Waals surface area contributed by atoms with E-state index in [1.54, 1.807) is 31.2 Å². The summed E-state index contributed by atoms with van der Waals surface area (Å²) in [4.78, 5) is 12.2. The molecule has 0 atom stereocenters. The van der Waals surface area contributed by atoms with Crippen LogP contribution in [0.15, 0.2) is 53.4 Å². The van der Waals surface area contributed by atoms with E-state index in [4.69, 9.17) is 0 Å². The highest BCUT2D eigenvalue weighted by atomic mass is 32.2.